The second-order valence-corrected chi connectivity index (χ2v) is 6.89. The first kappa shape index (κ1) is 23.3. The van der Waals surface area contributed by atoms with Crippen LogP contribution in [-0.2, 0) is 9.53 Å². The fourth-order valence-corrected chi connectivity index (χ4v) is 2.67. The maximum absolute atomic E-state index is 13.0. The van der Waals surface area contributed by atoms with E-state index in [4.69, 9.17) is 9.94 Å². The molecule has 1 fully saturated rings. The van der Waals surface area contributed by atoms with Crippen LogP contribution < -0.4 is 10.8 Å². The van der Waals surface area contributed by atoms with E-state index in [1.54, 1.807) is 0 Å². The average molecular weight is 420 g/mol. The molecule has 30 heavy (non-hydrogen) atoms. The van der Waals surface area contributed by atoms with E-state index in [-0.39, 0.29) is 11.5 Å². The van der Waals surface area contributed by atoms with Gasteiger partial charge < -0.3 is 15.2 Å². The van der Waals surface area contributed by atoms with Crippen LogP contribution in [0.5, 0.6) is 0 Å². The summed E-state index contributed by atoms with van der Waals surface area (Å²) in [5, 5.41) is 20.6. The third-order valence-electron chi connectivity index (χ3n) is 4.59. The van der Waals surface area contributed by atoms with E-state index < -0.39 is 29.9 Å². The molecule has 1 heterocycles. The van der Waals surface area contributed by atoms with Gasteiger partial charge in [-0.25, -0.2) is 14.3 Å². The molecule has 0 unspecified atom stereocenters. The smallest absolute Gasteiger partial charge is 0.269 e. The zero-order valence-electron chi connectivity index (χ0n) is 16.2. The van der Waals surface area contributed by atoms with E-state index in [9.17, 15) is 23.5 Å². The van der Waals surface area contributed by atoms with Crippen LogP contribution in [-0.4, -0.2) is 53.4 Å². The summed E-state index contributed by atoms with van der Waals surface area (Å²) in [4.78, 5) is 23.9. The number of nitrogens with one attached hydrogen (secondary N) is 2. The number of aliphatic hydroxyl groups is 1. The minimum absolute atomic E-state index is 0.0506. The largest absolute Gasteiger partial charge is 0.381 e. The van der Waals surface area contributed by atoms with Crippen molar-refractivity contribution < 1.29 is 33.4 Å². The molecule has 160 valence electrons. The van der Waals surface area contributed by atoms with E-state index in [1.165, 1.54) is 24.3 Å². The highest BCUT2D eigenvalue weighted by Gasteiger charge is 2.46. The number of alkyl halides is 2. The lowest BCUT2D eigenvalue weighted by molar-refractivity contribution is -0.149. The molecule has 1 saturated heterocycles. The van der Waals surface area contributed by atoms with Crippen LogP contribution in [0.1, 0.15) is 35.7 Å². The van der Waals surface area contributed by atoms with Crippen LogP contribution in [0.4, 0.5) is 8.78 Å². The Morgan fingerprint density at radius 2 is 1.83 bits per heavy atom. The number of rotatable bonds is 5. The van der Waals surface area contributed by atoms with Crippen LogP contribution in [0.3, 0.4) is 0 Å². The van der Waals surface area contributed by atoms with Gasteiger partial charge in [0.1, 0.15) is 6.04 Å². The highest BCUT2D eigenvalue weighted by molar-refractivity contribution is 5.97. The number of hydrogen-bond donors (Lipinski definition) is 4. The van der Waals surface area contributed by atoms with Gasteiger partial charge in [-0.15, -0.1) is 0 Å². The molecular weight excluding hydrogens is 398 g/mol. The van der Waals surface area contributed by atoms with Crippen LogP contribution >= 0.6 is 0 Å². The highest BCUT2D eigenvalue weighted by Crippen LogP contribution is 2.20. The molecule has 0 aromatic heterocycles. The van der Waals surface area contributed by atoms with Gasteiger partial charge >= 0.3 is 0 Å². The molecule has 1 aliphatic heterocycles. The summed E-state index contributed by atoms with van der Waals surface area (Å²) in [7, 11) is 0. The molecule has 7 nitrogen and oxygen atoms in total. The van der Waals surface area contributed by atoms with E-state index in [0.717, 1.165) is 18.3 Å². The van der Waals surface area contributed by atoms with Crippen molar-refractivity contribution in [1.82, 2.24) is 10.8 Å². The molecule has 9 heteroatoms. The van der Waals surface area contributed by atoms with Crippen molar-refractivity contribution in [3.05, 3.63) is 35.4 Å². The molecule has 4 N–H and O–H groups in total. The summed E-state index contributed by atoms with van der Waals surface area (Å²) in [5.41, 5.74) is -1.10. The summed E-state index contributed by atoms with van der Waals surface area (Å²) in [6.45, 7) is 2.08. The number of carbonyl (C=O) groups is 2. The minimum atomic E-state index is -3.35. The molecule has 2 amide bonds. The average Bonchev–Trinajstić information content (AvgIpc) is 2.75. The Hall–Kier alpha value is -2.98. The summed E-state index contributed by atoms with van der Waals surface area (Å²) < 4.78 is 31.3. The van der Waals surface area contributed by atoms with Crippen molar-refractivity contribution >= 4 is 11.8 Å². The molecule has 1 aromatic rings. The van der Waals surface area contributed by atoms with Crippen molar-refractivity contribution in [2.45, 2.75) is 37.8 Å². The number of halogens is 2. The lowest BCUT2D eigenvalue weighted by Crippen LogP contribution is -2.61. The molecule has 2 rings (SSSR count). The van der Waals surface area contributed by atoms with E-state index >= 15 is 0 Å². The molecule has 0 saturated carbocycles. The molecular formula is C21H22F2N2O5. The Kier molecular flexibility index (Phi) is 8.31. The highest BCUT2D eigenvalue weighted by atomic mass is 19.3. The monoisotopic (exact) mass is 420 g/mol. The van der Waals surface area contributed by atoms with Crippen molar-refractivity contribution in [1.29, 1.82) is 0 Å². The van der Waals surface area contributed by atoms with Crippen molar-refractivity contribution in [3.8, 4) is 23.7 Å². The Morgan fingerprint density at radius 3 is 2.40 bits per heavy atom. The summed E-state index contributed by atoms with van der Waals surface area (Å²) >= 11 is 0. The van der Waals surface area contributed by atoms with E-state index in [1.807, 2.05) is 5.32 Å². The Bertz CT molecular complexity index is 873. The van der Waals surface area contributed by atoms with Crippen molar-refractivity contribution in [2.75, 3.05) is 13.2 Å². The molecule has 2 atom stereocenters. The zero-order chi connectivity index (χ0) is 22.1. The maximum atomic E-state index is 13.0. The predicted octanol–water partition coefficient (Wildman–Crippen LogP) is 1.09. The van der Waals surface area contributed by atoms with Gasteiger partial charge in [-0.05, 0) is 55.9 Å². The van der Waals surface area contributed by atoms with Gasteiger partial charge in [-0.1, -0.05) is 11.8 Å². The minimum Gasteiger partial charge on any atom is -0.381 e. The Morgan fingerprint density at radius 1 is 1.20 bits per heavy atom. The van der Waals surface area contributed by atoms with E-state index in [0.29, 0.717) is 25.7 Å². The van der Waals surface area contributed by atoms with Gasteiger partial charge in [0.05, 0.1) is 0 Å². The lowest BCUT2D eigenvalue weighted by Gasteiger charge is -2.30. The number of ether oxygens (including phenoxy) is 1. The standard InChI is InChI=1S/C21H22F2N2O5/c1-21(28,20(22)23)17(19(27)25-29)24-18(26)16-8-6-14(7-9-16)4-2-3-5-15-10-12-30-13-11-15/h6-9,15,17,20,28-29H,10-13H2,1H3,(H,24,26)(H,25,27)/t17-,21+/m1/s1. The molecule has 0 spiro atoms. The van der Waals surface area contributed by atoms with Crippen molar-refractivity contribution in [2.24, 2.45) is 5.92 Å². The predicted molar refractivity (Wildman–Crippen MR) is 102 cm³/mol. The fraction of sp³-hybridized carbons (Fsp3) is 0.429. The van der Waals surface area contributed by atoms with Gasteiger partial charge in [-0.2, -0.15) is 0 Å². The Labute approximate surface area is 172 Å². The first-order chi connectivity index (χ1) is 14.3. The first-order valence-corrected chi connectivity index (χ1v) is 9.20. The molecule has 1 aromatic carbocycles. The lowest BCUT2D eigenvalue weighted by atomic mass is 9.95. The number of benzene rings is 1. The third kappa shape index (κ3) is 6.26. The molecule has 0 radical (unpaired) electrons. The first-order valence-electron chi connectivity index (χ1n) is 9.20. The summed E-state index contributed by atoms with van der Waals surface area (Å²) in [5.74, 6) is 9.45. The van der Waals surface area contributed by atoms with E-state index in [2.05, 4.69) is 23.7 Å². The molecule has 0 bridgehead atoms. The van der Waals surface area contributed by atoms with Crippen molar-refractivity contribution in [3.63, 3.8) is 0 Å². The number of carbonyl (C=O) groups excluding carboxylic acids is 2. The summed E-state index contributed by atoms with van der Waals surface area (Å²) in [6, 6.07) is 3.76. The van der Waals surface area contributed by atoms with Gasteiger partial charge in [0.15, 0.2) is 5.60 Å². The van der Waals surface area contributed by atoms with Gasteiger partial charge in [-0.3, -0.25) is 14.8 Å². The topological polar surface area (TPSA) is 108 Å². The number of hydrogen-bond acceptors (Lipinski definition) is 5. The summed E-state index contributed by atoms with van der Waals surface area (Å²) in [6.07, 6.45) is -1.58. The quantitative estimate of drug-likeness (QED) is 0.324. The second kappa shape index (κ2) is 10.7. The third-order valence-corrected chi connectivity index (χ3v) is 4.59. The Balaban J connectivity index is 2.04. The van der Waals surface area contributed by atoms with Crippen LogP contribution in [0.15, 0.2) is 24.3 Å². The van der Waals surface area contributed by atoms with Crippen LogP contribution in [0.2, 0.25) is 0 Å². The SMILES string of the molecule is C[C@@](O)(C(F)F)[C@H](NC(=O)c1ccc(C#CC#CC2CCOCC2)cc1)C(=O)NO. The molecule has 1 aliphatic rings. The normalized spacial score (nSPS) is 16.9. The maximum Gasteiger partial charge on any atom is 0.269 e. The van der Waals surface area contributed by atoms with Gasteiger partial charge in [0.25, 0.3) is 18.2 Å². The zero-order valence-corrected chi connectivity index (χ0v) is 16.2. The number of amides is 2. The van der Waals surface area contributed by atoms with Crippen LogP contribution in [0, 0.1) is 29.6 Å². The number of hydroxylamine groups is 1. The second-order valence-electron chi connectivity index (χ2n) is 6.89. The van der Waals surface area contributed by atoms with Gasteiger partial charge in [0, 0.05) is 30.3 Å². The fourth-order valence-electron chi connectivity index (χ4n) is 2.67. The van der Waals surface area contributed by atoms with Gasteiger partial charge in [0.2, 0.25) is 0 Å². The van der Waals surface area contributed by atoms with Crippen LogP contribution in [0.25, 0.3) is 0 Å². The molecule has 0 aliphatic carbocycles.